The van der Waals surface area contributed by atoms with Crippen LogP contribution >= 0.6 is 24.0 Å². The van der Waals surface area contributed by atoms with Gasteiger partial charge in [-0.1, -0.05) is 20.8 Å². The molecular formula is C13H28IN3O. The summed E-state index contributed by atoms with van der Waals surface area (Å²) in [5.74, 6) is 0.581. The van der Waals surface area contributed by atoms with Gasteiger partial charge in [0.05, 0.1) is 6.10 Å². The summed E-state index contributed by atoms with van der Waals surface area (Å²) in [5, 5.41) is 3.36. The van der Waals surface area contributed by atoms with Gasteiger partial charge in [0, 0.05) is 25.1 Å². The smallest absolute Gasteiger partial charge is 0.188 e. The third-order valence-electron chi connectivity index (χ3n) is 4.21. The molecule has 1 fully saturated rings. The highest BCUT2D eigenvalue weighted by molar-refractivity contribution is 14.0. The molecule has 0 aromatic carbocycles. The molecule has 1 aliphatic rings. The second-order valence-electron chi connectivity index (χ2n) is 4.86. The molecule has 4 nitrogen and oxygen atoms in total. The van der Waals surface area contributed by atoms with Crippen LogP contribution in [0.5, 0.6) is 0 Å². The molecule has 2 atom stereocenters. The van der Waals surface area contributed by atoms with Crippen molar-refractivity contribution in [2.75, 3.05) is 13.7 Å². The van der Waals surface area contributed by atoms with Crippen LogP contribution in [0.2, 0.25) is 0 Å². The fourth-order valence-corrected chi connectivity index (χ4v) is 2.94. The topological polar surface area (TPSA) is 59.6 Å². The first-order valence-corrected chi connectivity index (χ1v) is 6.73. The molecule has 0 bridgehead atoms. The summed E-state index contributed by atoms with van der Waals surface area (Å²) in [4.78, 5) is 4.29. The van der Waals surface area contributed by atoms with Gasteiger partial charge in [0.2, 0.25) is 0 Å². The zero-order valence-electron chi connectivity index (χ0n) is 12.0. The highest BCUT2D eigenvalue weighted by atomic mass is 127. The van der Waals surface area contributed by atoms with Crippen molar-refractivity contribution in [2.24, 2.45) is 16.1 Å². The molecular weight excluding hydrogens is 341 g/mol. The number of nitrogens with zero attached hydrogens (tertiary/aromatic N) is 1. The van der Waals surface area contributed by atoms with Gasteiger partial charge in [-0.2, -0.15) is 0 Å². The van der Waals surface area contributed by atoms with E-state index in [1.54, 1.807) is 7.11 Å². The monoisotopic (exact) mass is 369 g/mol. The summed E-state index contributed by atoms with van der Waals surface area (Å²) in [7, 11) is 1.80. The van der Waals surface area contributed by atoms with Gasteiger partial charge in [-0.05, 0) is 25.7 Å². The zero-order valence-corrected chi connectivity index (χ0v) is 14.4. The quantitative estimate of drug-likeness (QED) is 0.430. The summed E-state index contributed by atoms with van der Waals surface area (Å²) in [6.07, 6.45) is 4.64. The van der Waals surface area contributed by atoms with Crippen LogP contribution in [0.15, 0.2) is 4.99 Å². The van der Waals surface area contributed by atoms with Gasteiger partial charge < -0.3 is 15.8 Å². The Morgan fingerprint density at radius 1 is 1.39 bits per heavy atom. The van der Waals surface area contributed by atoms with E-state index in [9.17, 15) is 0 Å². The van der Waals surface area contributed by atoms with Crippen LogP contribution in [0.1, 0.15) is 46.5 Å². The molecule has 3 N–H and O–H groups in total. The minimum atomic E-state index is 0. The number of ether oxygens (including phenoxy) is 1. The lowest BCUT2D eigenvalue weighted by Gasteiger charge is -2.55. The maximum absolute atomic E-state index is 5.89. The summed E-state index contributed by atoms with van der Waals surface area (Å²) >= 11 is 0. The lowest BCUT2D eigenvalue weighted by atomic mass is 9.58. The zero-order chi connectivity index (χ0) is 12.9. The fraction of sp³-hybridized carbons (Fsp3) is 0.923. The lowest BCUT2D eigenvalue weighted by molar-refractivity contribution is -0.118. The summed E-state index contributed by atoms with van der Waals surface area (Å²) in [6, 6.07) is 0.406. The van der Waals surface area contributed by atoms with E-state index in [2.05, 4.69) is 31.1 Å². The van der Waals surface area contributed by atoms with Crippen molar-refractivity contribution in [3.63, 3.8) is 0 Å². The summed E-state index contributed by atoms with van der Waals surface area (Å²) in [6.45, 7) is 7.35. The third kappa shape index (κ3) is 3.50. The van der Waals surface area contributed by atoms with Gasteiger partial charge >= 0.3 is 0 Å². The second kappa shape index (κ2) is 8.19. The molecule has 18 heavy (non-hydrogen) atoms. The van der Waals surface area contributed by atoms with Crippen LogP contribution in [0, 0.1) is 5.41 Å². The number of aliphatic imine (C=N–C) groups is 1. The fourth-order valence-electron chi connectivity index (χ4n) is 2.94. The first-order chi connectivity index (χ1) is 8.14. The molecule has 1 rings (SSSR count). The minimum absolute atomic E-state index is 0. The molecule has 0 spiro atoms. The van der Waals surface area contributed by atoms with E-state index >= 15 is 0 Å². The van der Waals surface area contributed by atoms with Crippen LogP contribution in [-0.4, -0.2) is 31.8 Å². The van der Waals surface area contributed by atoms with Gasteiger partial charge in [-0.3, -0.25) is 4.99 Å². The number of hydrogen-bond donors (Lipinski definition) is 2. The Kier molecular flexibility index (Phi) is 8.18. The molecule has 0 saturated heterocycles. The molecule has 0 amide bonds. The maximum Gasteiger partial charge on any atom is 0.188 e. The molecule has 0 radical (unpaired) electrons. The first-order valence-electron chi connectivity index (χ1n) is 6.73. The number of guanidine groups is 1. The summed E-state index contributed by atoms with van der Waals surface area (Å²) < 4.78 is 5.56. The van der Waals surface area contributed by atoms with Crippen LogP contribution in [0.4, 0.5) is 0 Å². The van der Waals surface area contributed by atoms with Crippen molar-refractivity contribution in [3.8, 4) is 0 Å². The molecule has 0 aromatic heterocycles. The van der Waals surface area contributed by atoms with Crippen LogP contribution in [0.3, 0.4) is 0 Å². The number of nitrogens with two attached hydrogens (primary N) is 1. The number of hydrogen-bond acceptors (Lipinski definition) is 2. The van der Waals surface area contributed by atoms with Gasteiger partial charge in [0.15, 0.2) is 5.96 Å². The molecule has 0 heterocycles. The molecule has 2 unspecified atom stereocenters. The van der Waals surface area contributed by atoms with Gasteiger partial charge in [-0.15, -0.1) is 24.0 Å². The number of methoxy groups -OCH3 is 1. The predicted octanol–water partition coefficient (Wildman–Crippen LogP) is 2.51. The van der Waals surface area contributed by atoms with Gasteiger partial charge in [0.1, 0.15) is 0 Å². The molecule has 1 saturated carbocycles. The van der Waals surface area contributed by atoms with Crippen LogP contribution in [0.25, 0.3) is 0 Å². The van der Waals surface area contributed by atoms with E-state index in [1.807, 2.05) is 0 Å². The van der Waals surface area contributed by atoms with Gasteiger partial charge in [0.25, 0.3) is 0 Å². The van der Waals surface area contributed by atoms with E-state index in [0.29, 0.717) is 18.1 Å². The lowest BCUT2D eigenvalue weighted by Crippen LogP contribution is -2.65. The van der Waals surface area contributed by atoms with E-state index in [4.69, 9.17) is 10.5 Å². The summed E-state index contributed by atoms with van der Waals surface area (Å²) in [5.41, 5.74) is 6.11. The van der Waals surface area contributed by atoms with E-state index in [-0.39, 0.29) is 29.4 Å². The van der Waals surface area contributed by atoms with E-state index in [0.717, 1.165) is 32.2 Å². The third-order valence-corrected chi connectivity index (χ3v) is 4.21. The van der Waals surface area contributed by atoms with Crippen molar-refractivity contribution in [1.29, 1.82) is 0 Å². The second-order valence-corrected chi connectivity index (χ2v) is 4.86. The SMILES string of the molecule is CCCN=C(N)NC1CC(OC)C1(CC)CC.I. The standard InChI is InChI=1S/C13H27N3O.HI/c1-5-8-15-12(14)16-10-9-11(17-4)13(10,6-2)7-3;/h10-11H,5-9H2,1-4H3,(H3,14,15,16);1H. The number of nitrogens with one attached hydrogen (secondary N) is 1. The molecule has 1 aliphatic carbocycles. The largest absolute Gasteiger partial charge is 0.381 e. The Morgan fingerprint density at radius 3 is 2.44 bits per heavy atom. The number of rotatable bonds is 6. The van der Waals surface area contributed by atoms with E-state index in [1.165, 1.54) is 0 Å². The van der Waals surface area contributed by atoms with Gasteiger partial charge in [-0.25, -0.2) is 0 Å². The van der Waals surface area contributed by atoms with Crippen molar-refractivity contribution in [3.05, 3.63) is 0 Å². The first kappa shape index (κ1) is 18.0. The normalized spacial score (nSPS) is 26.1. The Labute approximate surface area is 128 Å². The highest BCUT2D eigenvalue weighted by Crippen LogP contribution is 2.48. The van der Waals surface area contributed by atoms with Crippen molar-refractivity contribution >= 4 is 29.9 Å². The van der Waals surface area contributed by atoms with Crippen molar-refractivity contribution in [2.45, 2.75) is 58.6 Å². The predicted molar refractivity (Wildman–Crippen MR) is 87.5 cm³/mol. The van der Waals surface area contributed by atoms with Crippen molar-refractivity contribution < 1.29 is 4.74 Å². The molecule has 5 heteroatoms. The van der Waals surface area contributed by atoms with E-state index < -0.39 is 0 Å². The molecule has 0 aliphatic heterocycles. The molecule has 108 valence electrons. The Balaban J connectivity index is 0.00000289. The van der Waals surface area contributed by atoms with Crippen LogP contribution in [-0.2, 0) is 4.74 Å². The highest BCUT2D eigenvalue weighted by Gasteiger charge is 2.53. The average Bonchev–Trinajstić information content (AvgIpc) is 2.33. The van der Waals surface area contributed by atoms with Crippen LogP contribution < -0.4 is 11.1 Å². The Hall–Kier alpha value is -0.0400. The minimum Gasteiger partial charge on any atom is -0.381 e. The average molecular weight is 369 g/mol. The maximum atomic E-state index is 5.89. The number of halogens is 1. The Morgan fingerprint density at radius 2 is 2.00 bits per heavy atom. The molecule has 0 aromatic rings. The van der Waals surface area contributed by atoms with Crippen molar-refractivity contribution in [1.82, 2.24) is 5.32 Å². The Bertz CT molecular complexity index is 267.